The molecule has 18 heavy (non-hydrogen) atoms. The molecule has 0 spiro atoms. The van der Waals surface area contributed by atoms with Gasteiger partial charge in [0, 0.05) is 36.3 Å². The average molecular weight is 375 g/mol. The van der Waals surface area contributed by atoms with Crippen molar-refractivity contribution in [3.63, 3.8) is 0 Å². The first-order chi connectivity index (χ1) is 8.74. The molecule has 0 amide bonds. The predicted octanol–water partition coefficient (Wildman–Crippen LogP) is 3.28. The Morgan fingerprint density at radius 3 is 2.89 bits per heavy atom. The topological polar surface area (TPSA) is 19.4 Å². The molecule has 0 N–H and O–H groups in total. The van der Waals surface area contributed by atoms with E-state index in [-0.39, 0.29) is 0 Å². The highest BCUT2D eigenvalue weighted by Crippen LogP contribution is 2.30. The Balaban J connectivity index is 1.77. The van der Waals surface area contributed by atoms with E-state index in [0.717, 1.165) is 33.9 Å². The van der Waals surface area contributed by atoms with Crippen molar-refractivity contribution in [3.05, 3.63) is 21.2 Å². The lowest BCUT2D eigenvalue weighted by atomic mass is 9.99. The fourth-order valence-corrected chi connectivity index (χ4v) is 4.23. The molecular weight excluding hydrogens is 358 g/mol. The predicted molar refractivity (Wildman–Crippen MR) is 81.1 cm³/mol. The number of anilines is 1. The number of rotatable bonds is 1. The van der Waals surface area contributed by atoms with E-state index in [9.17, 15) is 0 Å². The van der Waals surface area contributed by atoms with Crippen molar-refractivity contribution in [2.45, 2.75) is 25.3 Å². The molecule has 2 aliphatic heterocycles. The molecule has 0 aliphatic carbocycles. The van der Waals surface area contributed by atoms with Crippen molar-refractivity contribution >= 4 is 37.7 Å². The Morgan fingerprint density at radius 1 is 1.17 bits per heavy atom. The molecule has 0 saturated carbocycles. The van der Waals surface area contributed by atoms with Crippen molar-refractivity contribution in [1.82, 2.24) is 9.88 Å². The van der Waals surface area contributed by atoms with Crippen LogP contribution >= 0.6 is 31.9 Å². The zero-order valence-corrected chi connectivity index (χ0v) is 13.5. The van der Waals surface area contributed by atoms with Crippen molar-refractivity contribution in [2.75, 3.05) is 31.1 Å². The second-order valence-corrected chi connectivity index (χ2v) is 6.86. The van der Waals surface area contributed by atoms with E-state index < -0.39 is 0 Å². The summed E-state index contributed by atoms with van der Waals surface area (Å²) >= 11 is 7.08. The number of hydrogen-bond donors (Lipinski definition) is 0. The minimum absolute atomic E-state index is 0.727. The van der Waals surface area contributed by atoms with E-state index >= 15 is 0 Å². The fraction of sp³-hybridized carbons (Fsp3) is 0.615. The fourth-order valence-electron chi connectivity index (χ4n) is 2.99. The van der Waals surface area contributed by atoms with Crippen molar-refractivity contribution in [3.8, 4) is 0 Å². The van der Waals surface area contributed by atoms with Crippen LogP contribution in [0, 0.1) is 0 Å². The van der Waals surface area contributed by atoms with E-state index in [1.165, 1.54) is 32.4 Å². The molecule has 1 aromatic rings. The third kappa shape index (κ3) is 2.58. The minimum atomic E-state index is 0.727. The van der Waals surface area contributed by atoms with Crippen molar-refractivity contribution < 1.29 is 0 Å². The number of halogens is 2. The van der Waals surface area contributed by atoms with Gasteiger partial charge in [-0.25, -0.2) is 4.98 Å². The van der Waals surface area contributed by atoms with Gasteiger partial charge in [-0.2, -0.15) is 0 Å². The number of nitrogens with zero attached hydrogens (tertiary/aromatic N) is 3. The van der Waals surface area contributed by atoms with Crippen LogP contribution in [0.3, 0.4) is 0 Å². The Morgan fingerprint density at radius 2 is 2.06 bits per heavy atom. The largest absolute Gasteiger partial charge is 0.353 e. The molecule has 98 valence electrons. The molecule has 3 heterocycles. The van der Waals surface area contributed by atoms with Crippen LogP contribution in [-0.2, 0) is 0 Å². The summed E-state index contributed by atoms with van der Waals surface area (Å²) in [5, 5.41) is 0. The number of hydrogen-bond acceptors (Lipinski definition) is 3. The van der Waals surface area contributed by atoms with Gasteiger partial charge >= 0.3 is 0 Å². The summed E-state index contributed by atoms with van der Waals surface area (Å²) in [5.74, 6) is 1.09. The van der Waals surface area contributed by atoms with Crippen molar-refractivity contribution in [2.24, 2.45) is 0 Å². The molecule has 3 rings (SSSR count). The SMILES string of the molecule is Brc1cnc(N2CCN3CCCCC3C2)c(Br)c1. The van der Waals surface area contributed by atoms with E-state index in [1.807, 2.05) is 6.20 Å². The molecule has 1 aromatic heterocycles. The van der Waals surface area contributed by atoms with Crippen LogP contribution in [0.1, 0.15) is 19.3 Å². The first-order valence-corrected chi connectivity index (χ1v) is 8.13. The maximum atomic E-state index is 4.55. The summed E-state index contributed by atoms with van der Waals surface area (Å²) in [4.78, 5) is 9.62. The molecule has 0 bridgehead atoms. The molecule has 2 fully saturated rings. The first-order valence-electron chi connectivity index (χ1n) is 6.54. The summed E-state index contributed by atoms with van der Waals surface area (Å²) in [5.41, 5.74) is 0. The minimum Gasteiger partial charge on any atom is -0.353 e. The van der Waals surface area contributed by atoms with Gasteiger partial charge in [0.1, 0.15) is 5.82 Å². The van der Waals surface area contributed by atoms with Gasteiger partial charge in [0.05, 0.1) is 4.47 Å². The first kappa shape index (κ1) is 12.9. The van der Waals surface area contributed by atoms with E-state index in [1.54, 1.807) is 0 Å². The van der Waals surface area contributed by atoms with Gasteiger partial charge in [-0.15, -0.1) is 0 Å². The van der Waals surface area contributed by atoms with E-state index in [2.05, 4.69) is 52.7 Å². The molecule has 0 radical (unpaired) electrons. The van der Waals surface area contributed by atoms with Crippen LogP contribution in [0.15, 0.2) is 21.2 Å². The van der Waals surface area contributed by atoms with Gasteiger partial charge in [0.15, 0.2) is 0 Å². The molecule has 2 saturated heterocycles. The normalized spacial score (nSPS) is 25.0. The van der Waals surface area contributed by atoms with E-state index in [0.29, 0.717) is 0 Å². The molecular formula is C13H17Br2N3. The second-order valence-electron chi connectivity index (χ2n) is 5.09. The third-order valence-corrected chi connectivity index (χ3v) is 4.94. The van der Waals surface area contributed by atoms with Crippen LogP contribution in [0.2, 0.25) is 0 Å². The maximum absolute atomic E-state index is 4.55. The quantitative estimate of drug-likeness (QED) is 0.751. The summed E-state index contributed by atoms with van der Waals surface area (Å²) in [6.07, 6.45) is 5.97. The summed E-state index contributed by atoms with van der Waals surface area (Å²) < 4.78 is 2.11. The highest BCUT2D eigenvalue weighted by Gasteiger charge is 2.29. The lowest BCUT2D eigenvalue weighted by Crippen LogP contribution is -2.55. The van der Waals surface area contributed by atoms with Gasteiger partial charge in [-0.1, -0.05) is 6.42 Å². The number of piperazine rings is 1. The molecule has 1 atom stereocenters. The number of fused-ring (bicyclic) bond motifs is 1. The monoisotopic (exact) mass is 373 g/mol. The highest BCUT2D eigenvalue weighted by molar-refractivity contribution is 9.11. The van der Waals surface area contributed by atoms with Crippen LogP contribution < -0.4 is 4.90 Å². The number of pyridine rings is 1. The standard InChI is InChI=1S/C13H17Br2N3/c14-10-7-12(15)13(16-8-10)18-6-5-17-4-2-1-3-11(17)9-18/h7-8,11H,1-6,9H2. The average Bonchev–Trinajstić information content (AvgIpc) is 2.38. The lowest BCUT2D eigenvalue weighted by Gasteiger charge is -2.44. The van der Waals surface area contributed by atoms with Crippen LogP contribution in [0.25, 0.3) is 0 Å². The van der Waals surface area contributed by atoms with Crippen LogP contribution in [0.4, 0.5) is 5.82 Å². The van der Waals surface area contributed by atoms with Crippen LogP contribution in [-0.4, -0.2) is 42.1 Å². The summed E-state index contributed by atoms with van der Waals surface area (Å²) in [7, 11) is 0. The highest BCUT2D eigenvalue weighted by atomic mass is 79.9. The Bertz CT molecular complexity index is 438. The van der Waals surface area contributed by atoms with Gasteiger partial charge < -0.3 is 4.90 Å². The zero-order valence-electron chi connectivity index (χ0n) is 10.3. The Kier molecular flexibility index (Phi) is 3.91. The molecule has 0 aromatic carbocycles. The van der Waals surface area contributed by atoms with Gasteiger partial charge in [0.25, 0.3) is 0 Å². The van der Waals surface area contributed by atoms with E-state index in [4.69, 9.17) is 0 Å². The molecule has 5 heteroatoms. The zero-order chi connectivity index (χ0) is 12.5. The Labute approximate surface area is 125 Å². The summed E-state index contributed by atoms with van der Waals surface area (Å²) in [6.45, 7) is 4.67. The molecule has 1 unspecified atom stereocenters. The molecule has 3 nitrogen and oxygen atoms in total. The number of aromatic nitrogens is 1. The smallest absolute Gasteiger partial charge is 0.143 e. The summed E-state index contributed by atoms with van der Waals surface area (Å²) in [6, 6.07) is 2.81. The van der Waals surface area contributed by atoms with Gasteiger partial charge in [-0.05, 0) is 57.3 Å². The maximum Gasteiger partial charge on any atom is 0.143 e. The van der Waals surface area contributed by atoms with Gasteiger partial charge in [0.2, 0.25) is 0 Å². The van der Waals surface area contributed by atoms with Crippen molar-refractivity contribution in [1.29, 1.82) is 0 Å². The number of piperidine rings is 1. The second kappa shape index (κ2) is 5.47. The van der Waals surface area contributed by atoms with Crippen LogP contribution in [0.5, 0.6) is 0 Å². The lowest BCUT2D eigenvalue weighted by molar-refractivity contribution is 0.133. The third-order valence-electron chi connectivity index (χ3n) is 3.93. The Hall–Kier alpha value is -0.130. The molecule has 2 aliphatic rings. The van der Waals surface area contributed by atoms with Gasteiger partial charge in [-0.3, -0.25) is 4.90 Å².